The van der Waals surface area contributed by atoms with Crippen molar-refractivity contribution in [3.63, 3.8) is 0 Å². The van der Waals surface area contributed by atoms with Crippen molar-refractivity contribution in [2.24, 2.45) is 11.8 Å². The molecule has 4 aliphatic heterocycles. The number of piperidine rings is 4. The lowest BCUT2D eigenvalue weighted by Gasteiger charge is -2.57. The number of nitrogens with zero attached hydrogens (tertiary/aromatic N) is 2. The summed E-state index contributed by atoms with van der Waals surface area (Å²) in [5, 5.41) is 0. The summed E-state index contributed by atoms with van der Waals surface area (Å²) in [5.74, 6) is 1.37. The van der Waals surface area contributed by atoms with Crippen LogP contribution in [0.15, 0.2) is 11.6 Å². The molecule has 0 saturated carbocycles. The highest BCUT2D eigenvalue weighted by molar-refractivity contribution is 5.87. The number of ether oxygens (including phenoxy) is 1. The summed E-state index contributed by atoms with van der Waals surface area (Å²) in [6.45, 7) is 6.73. The van der Waals surface area contributed by atoms with E-state index in [0.29, 0.717) is 35.4 Å². The first-order valence-electron chi connectivity index (χ1n) is 9.94. The smallest absolute Gasteiger partial charge is 0.333 e. The van der Waals surface area contributed by atoms with Crippen molar-refractivity contribution < 1.29 is 14.3 Å². The molecule has 4 aliphatic rings. The van der Waals surface area contributed by atoms with Crippen LogP contribution in [0.1, 0.15) is 52.4 Å². The third-order valence-corrected chi connectivity index (χ3v) is 6.95. The van der Waals surface area contributed by atoms with Crippen molar-refractivity contribution in [2.45, 2.75) is 70.6 Å². The van der Waals surface area contributed by atoms with Crippen LogP contribution in [0.4, 0.5) is 0 Å². The van der Waals surface area contributed by atoms with E-state index in [0.717, 1.165) is 45.3 Å². The summed E-state index contributed by atoms with van der Waals surface area (Å²) < 4.78 is 5.74. The lowest BCUT2D eigenvalue weighted by atomic mass is 9.70. The number of hydrogen-bond donors (Lipinski definition) is 0. The zero-order valence-electron chi connectivity index (χ0n) is 15.4. The lowest BCUT2D eigenvalue weighted by molar-refractivity contribution is -0.156. The first-order chi connectivity index (χ1) is 12.1. The van der Waals surface area contributed by atoms with Crippen LogP contribution in [-0.4, -0.2) is 59.5 Å². The molecular formula is C20H30N2O3. The van der Waals surface area contributed by atoms with Crippen molar-refractivity contribution in [2.75, 3.05) is 19.6 Å². The van der Waals surface area contributed by atoms with E-state index in [1.165, 1.54) is 12.8 Å². The molecule has 1 amide bonds. The fraction of sp³-hybridized carbons (Fsp3) is 0.800. The highest BCUT2D eigenvalue weighted by Crippen LogP contribution is 2.43. The van der Waals surface area contributed by atoms with Crippen molar-refractivity contribution in [3.8, 4) is 0 Å². The fourth-order valence-electron chi connectivity index (χ4n) is 5.52. The second kappa shape index (κ2) is 6.75. The summed E-state index contributed by atoms with van der Waals surface area (Å²) in [7, 11) is 0. The maximum atomic E-state index is 12.4. The predicted octanol–water partition coefficient (Wildman–Crippen LogP) is 2.36. The van der Waals surface area contributed by atoms with Crippen LogP contribution in [0.3, 0.4) is 0 Å². The van der Waals surface area contributed by atoms with Gasteiger partial charge in [-0.25, -0.2) is 4.79 Å². The molecule has 5 heteroatoms. The van der Waals surface area contributed by atoms with Gasteiger partial charge in [0, 0.05) is 50.1 Å². The van der Waals surface area contributed by atoms with Crippen LogP contribution >= 0.6 is 0 Å². The highest BCUT2D eigenvalue weighted by Gasteiger charge is 2.49. The van der Waals surface area contributed by atoms with Gasteiger partial charge in [-0.05, 0) is 51.4 Å². The highest BCUT2D eigenvalue weighted by atomic mass is 16.5. The summed E-state index contributed by atoms with van der Waals surface area (Å²) >= 11 is 0. The van der Waals surface area contributed by atoms with Crippen molar-refractivity contribution in [1.82, 2.24) is 9.80 Å². The van der Waals surface area contributed by atoms with Gasteiger partial charge in [-0.3, -0.25) is 9.69 Å². The Kier molecular flexibility index (Phi) is 4.61. The van der Waals surface area contributed by atoms with Crippen LogP contribution in [0.5, 0.6) is 0 Å². The zero-order chi connectivity index (χ0) is 17.6. The lowest BCUT2D eigenvalue weighted by Crippen LogP contribution is -2.65. The molecule has 25 heavy (non-hydrogen) atoms. The number of amides is 1. The minimum atomic E-state index is -0.176. The monoisotopic (exact) mass is 346 g/mol. The molecule has 0 N–H and O–H groups in total. The largest absolute Gasteiger partial charge is 0.459 e. The maximum absolute atomic E-state index is 12.4. The molecule has 138 valence electrons. The number of rotatable bonds is 2. The van der Waals surface area contributed by atoms with E-state index in [4.69, 9.17) is 4.74 Å². The first-order valence-corrected chi connectivity index (χ1v) is 9.94. The van der Waals surface area contributed by atoms with E-state index in [-0.39, 0.29) is 12.1 Å². The summed E-state index contributed by atoms with van der Waals surface area (Å²) in [6, 6.07) is 0.940. The molecule has 0 unspecified atom stereocenters. The van der Waals surface area contributed by atoms with Gasteiger partial charge in [0.25, 0.3) is 0 Å². The third kappa shape index (κ3) is 3.12. The Morgan fingerprint density at radius 2 is 1.96 bits per heavy atom. The predicted molar refractivity (Wildman–Crippen MR) is 94.9 cm³/mol. The molecule has 4 fully saturated rings. The van der Waals surface area contributed by atoms with Gasteiger partial charge in [0.2, 0.25) is 5.91 Å². The first kappa shape index (κ1) is 17.1. The Balaban J connectivity index is 1.44. The summed E-state index contributed by atoms with van der Waals surface area (Å²) in [6.07, 6.45) is 7.91. The minimum Gasteiger partial charge on any atom is -0.459 e. The van der Waals surface area contributed by atoms with Gasteiger partial charge in [-0.1, -0.05) is 6.08 Å². The van der Waals surface area contributed by atoms with E-state index >= 15 is 0 Å². The molecule has 2 bridgehead atoms. The fourth-order valence-corrected chi connectivity index (χ4v) is 5.52. The van der Waals surface area contributed by atoms with Crippen LogP contribution in [-0.2, 0) is 14.3 Å². The maximum Gasteiger partial charge on any atom is 0.333 e. The molecule has 0 aromatic heterocycles. The Hall–Kier alpha value is -1.36. The second-order valence-electron chi connectivity index (χ2n) is 8.35. The number of esters is 1. The van der Waals surface area contributed by atoms with Crippen molar-refractivity contribution >= 4 is 11.9 Å². The van der Waals surface area contributed by atoms with Crippen LogP contribution < -0.4 is 0 Å². The molecule has 4 rings (SSSR count). The second-order valence-corrected chi connectivity index (χ2v) is 8.35. The number of hydrogen-bond acceptors (Lipinski definition) is 4. The van der Waals surface area contributed by atoms with Gasteiger partial charge in [-0.15, -0.1) is 0 Å². The average Bonchev–Trinajstić information content (AvgIpc) is 2.62. The molecule has 0 spiro atoms. The quantitative estimate of drug-likeness (QED) is 0.569. The molecule has 5 atom stereocenters. The molecule has 4 saturated heterocycles. The standard InChI is InChI=1S/C20H30N2O3/c1-3-13(2)20(24)25-16-7-8-21-11-14-9-15(18(21)10-16)12-22-17(14)5-4-6-19(22)23/h3,14-18H,4-12H2,1-2H3/b13-3+/t14-,15-,16+,17+,18-/m0/s1. The number of fused-ring (bicyclic) bond motifs is 6. The molecule has 0 aliphatic carbocycles. The van der Waals surface area contributed by atoms with Crippen LogP contribution in [0.25, 0.3) is 0 Å². The zero-order valence-corrected chi connectivity index (χ0v) is 15.4. The molecule has 0 aromatic rings. The van der Waals surface area contributed by atoms with Gasteiger partial charge in [-0.2, -0.15) is 0 Å². The third-order valence-electron chi connectivity index (χ3n) is 6.95. The van der Waals surface area contributed by atoms with Crippen LogP contribution in [0.2, 0.25) is 0 Å². The van der Waals surface area contributed by atoms with E-state index in [9.17, 15) is 9.59 Å². The number of carbonyl (C=O) groups excluding carboxylic acids is 2. The van der Waals surface area contributed by atoms with Gasteiger partial charge in [0.05, 0.1) is 0 Å². The Labute approximate surface area is 150 Å². The van der Waals surface area contributed by atoms with Crippen molar-refractivity contribution in [3.05, 3.63) is 11.6 Å². The van der Waals surface area contributed by atoms with Crippen LogP contribution in [0, 0.1) is 11.8 Å². The molecule has 0 aromatic carbocycles. The van der Waals surface area contributed by atoms with E-state index in [2.05, 4.69) is 9.80 Å². The van der Waals surface area contributed by atoms with Gasteiger partial charge >= 0.3 is 5.97 Å². The van der Waals surface area contributed by atoms with E-state index in [1.807, 2.05) is 19.9 Å². The molecule has 0 radical (unpaired) electrons. The topological polar surface area (TPSA) is 49.9 Å². The van der Waals surface area contributed by atoms with Gasteiger partial charge in [0.1, 0.15) is 6.10 Å². The van der Waals surface area contributed by atoms with Gasteiger partial charge in [0.15, 0.2) is 0 Å². The average molecular weight is 346 g/mol. The molecular weight excluding hydrogens is 316 g/mol. The number of allylic oxidation sites excluding steroid dienone is 1. The number of carbonyl (C=O) groups is 2. The van der Waals surface area contributed by atoms with Gasteiger partial charge < -0.3 is 9.64 Å². The SMILES string of the molecule is C/C=C(\C)C(=O)O[C@@H]1CCN2C[C@@H]3C[C@@H](CN4C(=O)CCC[C@H]34)[C@@H]2C1. The Bertz CT molecular complexity index is 587. The summed E-state index contributed by atoms with van der Waals surface area (Å²) in [5.41, 5.74) is 0.686. The Morgan fingerprint density at radius 1 is 1.16 bits per heavy atom. The molecule has 5 nitrogen and oxygen atoms in total. The Morgan fingerprint density at radius 3 is 2.76 bits per heavy atom. The van der Waals surface area contributed by atoms with E-state index < -0.39 is 0 Å². The minimum absolute atomic E-state index is 0.0231. The summed E-state index contributed by atoms with van der Waals surface area (Å²) in [4.78, 5) is 29.3. The normalized spacial score (nSPS) is 38.8. The molecule has 4 heterocycles. The van der Waals surface area contributed by atoms with E-state index in [1.54, 1.807) is 0 Å². The van der Waals surface area contributed by atoms with Crippen molar-refractivity contribution in [1.29, 1.82) is 0 Å².